The standard InChI is InChI=1S/C33H34F2N4O4/c1-3-42-31-27(32(40)41)17-36-39(31)29-9-5-8-28(37-29)26-7-4-6-21(2)30(26)43-20-22-10-11-25-19-38(13-12-24(25)14-22)18-23-15-33(34,35)16-23/h4-11,14,17,23H,3,12-13,15-16,18-20H2,1-2H3,(H,40,41). The number of ether oxygens (including phenoxy) is 2. The zero-order chi connectivity index (χ0) is 30.1. The van der Waals surface area contributed by atoms with Crippen molar-refractivity contribution in [1.29, 1.82) is 0 Å². The summed E-state index contributed by atoms with van der Waals surface area (Å²) < 4.78 is 39.9. The van der Waals surface area contributed by atoms with Gasteiger partial charge in [0.2, 0.25) is 11.8 Å². The van der Waals surface area contributed by atoms with Gasteiger partial charge in [0.25, 0.3) is 0 Å². The minimum atomic E-state index is -2.47. The van der Waals surface area contributed by atoms with E-state index in [1.54, 1.807) is 13.0 Å². The molecule has 0 spiro atoms. The topological polar surface area (TPSA) is 89.7 Å². The van der Waals surface area contributed by atoms with Crippen LogP contribution in [0.4, 0.5) is 8.78 Å². The highest BCUT2D eigenvalue weighted by atomic mass is 19.3. The summed E-state index contributed by atoms with van der Waals surface area (Å²) in [5, 5.41) is 13.8. The first-order valence-electron chi connectivity index (χ1n) is 14.6. The van der Waals surface area contributed by atoms with Gasteiger partial charge in [-0.05, 0) is 66.6 Å². The molecule has 1 aliphatic heterocycles. The first-order chi connectivity index (χ1) is 20.7. The Hall–Kier alpha value is -4.31. The van der Waals surface area contributed by atoms with E-state index in [2.05, 4.69) is 28.2 Å². The van der Waals surface area contributed by atoms with E-state index in [1.165, 1.54) is 22.0 Å². The number of aromatic nitrogens is 3. The molecular formula is C33H34F2N4O4. The number of carboxylic acids is 1. The molecule has 10 heteroatoms. The molecule has 0 radical (unpaired) electrons. The van der Waals surface area contributed by atoms with E-state index in [0.29, 0.717) is 23.9 Å². The van der Waals surface area contributed by atoms with Gasteiger partial charge < -0.3 is 14.6 Å². The van der Waals surface area contributed by atoms with Crippen molar-refractivity contribution in [2.45, 2.75) is 52.2 Å². The summed E-state index contributed by atoms with van der Waals surface area (Å²) >= 11 is 0. The average Bonchev–Trinajstić information content (AvgIpc) is 3.40. The number of alkyl halides is 2. The fourth-order valence-corrected chi connectivity index (χ4v) is 6.00. The Labute approximate surface area is 248 Å². The molecule has 2 aromatic heterocycles. The molecule has 6 rings (SSSR count). The Bertz CT molecular complexity index is 1650. The van der Waals surface area contributed by atoms with Gasteiger partial charge in [0, 0.05) is 38.0 Å². The third-order valence-corrected chi connectivity index (χ3v) is 8.11. The van der Waals surface area contributed by atoms with Crippen LogP contribution in [0, 0.1) is 12.8 Å². The van der Waals surface area contributed by atoms with Crippen LogP contribution in [0.15, 0.2) is 60.8 Å². The number of hydrogen-bond acceptors (Lipinski definition) is 6. The van der Waals surface area contributed by atoms with Crippen molar-refractivity contribution in [3.05, 3.63) is 88.6 Å². The van der Waals surface area contributed by atoms with Gasteiger partial charge in [0.05, 0.1) is 18.5 Å². The lowest BCUT2D eigenvalue weighted by atomic mass is 9.80. The number of fused-ring (bicyclic) bond motifs is 1. The monoisotopic (exact) mass is 588 g/mol. The van der Waals surface area contributed by atoms with Crippen molar-refractivity contribution in [2.75, 3.05) is 19.7 Å². The number of benzene rings is 2. The highest BCUT2D eigenvalue weighted by molar-refractivity contribution is 5.90. The summed E-state index contributed by atoms with van der Waals surface area (Å²) in [5.41, 5.74) is 5.97. The maximum absolute atomic E-state index is 13.3. The van der Waals surface area contributed by atoms with Gasteiger partial charge in [-0.15, -0.1) is 0 Å². The number of carboxylic acid groups (broad SMARTS) is 1. The minimum Gasteiger partial charge on any atom is -0.488 e. The highest BCUT2D eigenvalue weighted by Crippen LogP contribution is 2.43. The molecule has 43 heavy (non-hydrogen) atoms. The molecule has 0 amide bonds. The maximum Gasteiger partial charge on any atom is 0.342 e. The SMILES string of the molecule is CCOc1c(C(=O)O)cnn1-c1cccc(-c2cccc(C)c2OCc2ccc3c(c2)CCN(CC2CC(F)(F)C2)C3)n1. The molecule has 0 unspecified atom stereocenters. The second-order valence-electron chi connectivity index (χ2n) is 11.4. The van der Waals surface area contributed by atoms with Crippen LogP contribution >= 0.6 is 0 Å². The fourth-order valence-electron chi connectivity index (χ4n) is 6.00. The zero-order valence-corrected chi connectivity index (χ0v) is 24.2. The molecular weight excluding hydrogens is 554 g/mol. The van der Waals surface area contributed by atoms with Crippen LogP contribution in [0.5, 0.6) is 11.6 Å². The molecule has 0 atom stereocenters. The van der Waals surface area contributed by atoms with E-state index in [1.807, 2.05) is 37.3 Å². The number of para-hydroxylation sites is 1. The van der Waals surface area contributed by atoms with E-state index >= 15 is 0 Å². The van der Waals surface area contributed by atoms with Crippen LogP contribution in [0.25, 0.3) is 17.1 Å². The first kappa shape index (κ1) is 28.8. The Morgan fingerprint density at radius 3 is 2.67 bits per heavy atom. The number of aryl methyl sites for hydroxylation is 1. The molecule has 2 aliphatic rings. The lowest BCUT2D eigenvalue weighted by molar-refractivity contribution is -0.117. The number of rotatable bonds is 10. The fraction of sp³-hybridized carbons (Fsp3) is 0.364. The van der Waals surface area contributed by atoms with Gasteiger partial charge in [0.15, 0.2) is 5.82 Å². The molecule has 3 heterocycles. The molecule has 2 aromatic carbocycles. The highest BCUT2D eigenvalue weighted by Gasteiger charge is 2.45. The average molecular weight is 589 g/mol. The second kappa shape index (κ2) is 11.8. The van der Waals surface area contributed by atoms with E-state index in [-0.39, 0.29) is 36.8 Å². The van der Waals surface area contributed by atoms with Gasteiger partial charge in [-0.25, -0.2) is 18.6 Å². The quantitative estimate of drug-likeness (QED) is 0.232. The summed E-state index contributed by atoms with van der Waals surface area (Å²) in [5.74, 6) is -2.24. The van der Waals surface area contributed by atoms with Crippen LogP contribution in [-0.4, -0.2) is 56.4 Å². The van der Waals surface area contributed by atoms with Crippen LogP contribution < -0.4 is 9.47 Å². The normalized spacial score (nSPS) is 16.4. The Kier molecular flexibility index (Phi) is 7.87. The smallest absolute Gasteiger partial charge is 0.342 e. The lowest BCUT2D eigenvalue weighted by Gasteiger charge is -2.39. The van der Waals surface area contributed by atoms with Crippen molar-refractivity contribution in [2.24, 2.45) is 5.92 Å². The number of aromatic carboxylic acids is 1. The predicted molar refractivity (Wildman–Crippen MR) is 157 cm³/mol. The zero-order valence-electron chi connectivity index (χ0n) is 24.2. The summed E-state index contributed by atoms with van der Waals surface area (Å²) in [4.78, 5) is 18.8. The van der Waals surface area contributed by atoms with E-state index in [4.69, 9.17) is 14.5 Å². The molecule has 0 bridgehead atoms. The molecule has 1 aliphatic carbocycles. The Balaban J connectivity index is 1.18. The van der Waals surface area contributed by atoms with Crippen molar-refractivity contribution in [3.8, 4) is 28.7 Å². The molecule has 8 nitrogen and oxygen atoms in total. The van der Waals surface area contributed by atoms with Gasteiger partial charge >= 0.3 is 5.97 Å². The number of halogens is 2. The maximum atomic E-state index is 13.3. The Morgan fingerprint density at radius 1 is 1.09 bits per heavy atom. The third kappa shape index (κ3) is 6.10. The van der Waals surface area contributed by atoms with Crippen LogP contribution in [-0.2, 0) is 19.6 Å². The lowest BCUT2D eigenvalue weighted by Crippen LogP contribution is -2.43. The van der Waals surface area contributed by atoms with Gasteiger partial charge in [0.1, 0.15) is 17.9 Å². The summed E-state index contributed by atoms with van der Waals surface area (Å²) in [7, 11) is 0. The first-order valence-corrected chi connectivity index (χ1v) is 14.6. The summed E-state index contributed by atoms with van der Waals surface area (Å²) in [6.07, 6.45) is 2.17. The van der Waals surface area contributed by atoms with E-state index < -0.39 is 11.9 Å². The van der Waals surface area contributed by atoms with Crippen LogP contribution in [0.1, 0.15) is 52.4 Å². The van der Waals surface area contributed by atoms with Crippen molar-refractivity contribution in [3.63, 3.8) is 0 Å². The van der Waals surface area contributed by atoms with Gasteiger partial charge in [-0.2, -0.15) is 9.78 Å². The molecule has 0 saturated heterocycles. The molecule has 1 N–H and O–H groups in total. The van der Waals surface area contributed by atoms with Crippen molar-refractivity contribution >= 4 is 5.97 Å². The second-order valence-corrected chi connectivity index (χ2v) is 11.4. The Morgan fingerprint density at radius 2 is 1.91 bits per heavy atom. The van der Waals surface area contributed by atoms with Crippen LogP contribution in [0.3, 0.4) is 0 Å². The van der Waals surface area contributed by atoms with Gasteiger partial charge in [-0.1, -0.05) is 36.4 Å². The number of carbonyl (C=O) groups is 1. The summed E-state index contributed by atoms with van der Waals surface area (Å²) in [6, 6.07) is 17.7. The van der Waals surface area contributed by atoms with Crippen LogP contribution in [0.2, 0.25) is 0 Å². The van der Waals surface area contributed by atoms with Gasteiger partial charge in [-0.3, -0.25) is 4.90 Å². The molecule has 224 valence electrons. The summed E-state index contributed by atoms with van der Waals surface area (Å²) in [6.45, 7) is 6.82. The largest absolute Gasteiger partial charge is 0.488 e. The predicted octanol–water partition coefficient (Wildman–Crippen LogP) is 6.32. The van der Waals surface area contributed by atoms with E-state index in [9.17, 15) is 18.7 Å². The third-order valence-electron chi connectivity index (χ3n) is 8.11. The van der Waals surface area contributed by atoms with Crippen molar-refractivity contribution in [1.82, 2.24) is 19.7 Å². The molecule has 4 aromatic rings. The number of hydrogen-bond donors (Lipinski definition) is 1. The molecule has 1 fully saturated rings. The number of nitrogens with zero attached hydrogens (tertiary/aromatic N) is 4. The van der Waals surface area contributed by atoms with Crippen molar-refractivity contribution < 1.29 is 28.2 Å². The van der Waals surface area contributed by atoms with E-state index in [0.717, 1.165) is 42.7 Å². The number of pyridine rings is 1. The molecule has 1 saturated carbocycles. The minimum absolute atomic E-state index is 0.0105.